The van der Waals surface area contributed by atoms with Crippen LogP contribution in [0.4, 0.5) is 5.69 Å². The van der Waals surface area contributed by atoms with Crippen LogP contribution in [0.25, 0.3) is 22.9 Å². The van der Waals surface area contributed by atoms with E-state index in [2.05, 4.69) is 15.5 Å². The number of hydrogen-bond donors (Lipinski definition) is 1. The van der Waals surface area contributed by atoms with Crippen LogP contribution >= 0.6 is 23.4 Å². The number of benzene rings is 3. The maximum absolute atomic E-state index is 12.3. The minimum Gasteiger partial charge on any atom is -0.416 e. The lowest BCUT2D eigenvalue weighted by Gasteiger charge is -2.06. The molecule has 0 aliphatic rings. The third-order valence-electron chi connectivity index (χ3n) is 4.50. The quantitative estimate of drug-likeness (QED) is 0.362. The van der Waals surface area contributed by atoms with Crippen LogP contribution in [0, 0.1) is 6.92 Å². The second kappa shape index (κ2) is 9.81. The molecular weight excluding hydrogens is 430 g/mol. The molecule has 1 N–H and O–H groups in total. The zero-order chi connectivity index (χ0) is 21.6. The molecule has 0 atom stereocenters. The normalized spacial score (nSPS) is 10.8. The van der Waals surface area contributed by atoms with Crippen molar-refractivity contribution in [3.05, 3.63) is 88.9 Å². The van der Waals surface area contributed by atoms with Crippen molar-refractivity contribution >= 4 is 35.0 Å². The Kier molecular flexibility index (Phi) is 6.70. The Bertz CT molecular complexity index is 1190. The van der Waals surface area contributed by atoms with Gasteiger partial charge >= 0.3 is 0 Å². The summed E-state index contributed by atoms with van der Waals surface area (Å²) in [4.78, 5) is 12.3. The molecule has 0 radical (unpaired) electrons. The third-order valence-corrected chi connectivity index (χ3v) is 5.75. The molecule has 5 nitrogen and oxygen atoms in total. The lowest BCUT2D eigenvalue weighted by atomic mass is 10.1. The van der Waals surface area contributed by atoms with E-state index in [0.29, 0.717) is 28.2 Å². The van der Waals surface area contributed by atoms with Crippen molar-refractivity contribution in [2.24, 2.45) is 0 Å². The predicted molar refractivity (Wildman–Crippen MR) is 126 cm³/mol. The van der Waals surface area contributed by atoms with Gasteiger partial charge in [-0.25, -0.2) is 0 Å². The van der Waals surface area contributed by atoms with Gasteiger partial charge in [0.05, 0.1) is 5.75 Å². The summed E-state index contributed by atoms with van der Waals surface area (Å²) in [5.74, 6) is 1.90. The van der Waals surface area contributed by atoms with E-state index in [1.54, 1.807) is 11.8 Å². The molecular formula is C24H20ClN3O2S. The molecule has 0 saturated heterocycles. The van der Waals surface area contributed by atoms with Gasteiger partial charge in [0.25, 0.3) is 0 Å². The van der Waals surface area contributed by atoms with E-state index in [-0.39, 0.29) is 5.91 Å². The molecule has 1 amide bonds. The van der Waals surface area contributed by atoms with Gasteiger partial charge < -0.3 is 9.73 Å². The highest BCUT2D eigenvalue weighted by Crippen LogP contribution is 2.26. The number of amides is 1. The number of rotatable bonds is 7. The van der Waals surface area contributed by atoms with Gasteiger partial charge in [0.1, 0.15) is 0 Å². The number of aryl methyl sites for hydroxylation is 1. The van der Waals surface area contributed by atoms with E-state index in [1.165, 1.54) is 0 Å². The fourth-order valence-corrected chi connectivity index (χ4v) is 3.92. The van der Waals surface area contributed by atoms with Crippen LogP contribution in [0.1, 0.15) is 11.1 Å². The van der Waals surface area contributed by atoms with Crippen LogP contribution in [0.3, 0.4) is 0 Å². The molecule has 4 aromatic rings. The number of carbonyl (C=O) groups excluding carboxylic acids is 1. The SMILES string of the molecule is Cc1cccc(-c2nnc(-c3cccc(NC(=O)CSCc4ccc(Cl)cc4)c3)o2)c1. The average molecular weight is 450 g/mol. The van der Waals surface area contributed by atoms with Crippen molar-refractivity contribution < 1.29 is 9.21 Å². The first-order chi connectivity index (χ1) is 15.1. The number of hydrogen-bond acceptors (Lipinski definition) is 5. The van der Waals surface area contributed by atoms with Crippen molar-refractivity contribution in [2.45, 2.75) is 12.7 Å². The topological polar surface area (TPSA) is 68.0 Å². The first-order valence-corrected chi connectivity index (χ1v) is 11.2. The highest BCUT2D eigenvalue weighted by molar-refractivity contribution is 7.99. The minimum absolute atomic E-state index is 0.0675. The summed E-state index contributed by atoms with van der Waals surface area (Å²) in [5, 5.41) is 11.9. The summed E-state index contributed by atoms with van der Waals surface area (Å²) in [5.41, 5.74) is 4.56. The van der Waals surface area contributed by atoms with Gasteiger partial charge in [0.2, 0.25) is 17.7 Å². The number of halogens is 1. The molecule has 31 heavy (non-hydrogen) atoms. The van der Waals surface area contributed by atoms with Gasteiger partial charge in [-0.1, -0.05) is 47.5 Å². The van der Waals surface area contributed by atoms with Crippen molar-refractivity contribution in [3.8, 4) is 22.9 Å². The maximum Gasteiger partial charge on any atom is 0.248 e. The van der Waals surface area contributed by atoms with Crippen LogP contribution in [-0.4, -0.2) is 21.9 Å². The fraction of sp³-hybridized carbons (Fsp3) is 0.125. The van der Waals surface area contributed by atoms with E-state index in [4.69, 9.17) is 16.0 Å². The van der Waals surface area contributed by atoms with Gasteiger partial charge in [-0.3, -0.25) is 4.79 Å². The number of nitrogens with zero attached hydrogens (tertiary/aromatic N) is 2. The zero-order valence-corrected chi connectivity index (χ0v) is 18.4. The maximum atomic E-state index is 12.3. The van der Waals surface area contributed by atoms with Crippen molar-refractivity contribution in [3.63, 3.8) is 0 Å². The summed E-state index contributed by atoms with van der Waals surface area (Å²) < 4.78 is 5.84. The Hall–Kier alpha value is -3.09. The van der Waals surface area contributed by atoms with Gasteiger partial charge in [0, 0.05) is 27.6 Å². The molecule has 156 valence electrons. The third kappa shape index (κ3) is 5.75. The molecule has 4 rings (SSSR count). The summed E-state index contributed by atoms with van der Waals surface area (Å²) in [7, 11) is 0. The number of anilines is 1. The number of carbonyl (C=O) groups is 1. The molecule has 1 aromatic heterocycles. The first kappa shape index (κ1) is 21.2. The molecule has 0 aliphatic carbocycles. The Balaban J connectivity index is 1.37. The second-order valence-electron chi connectivity index (χ2n) is 7.03. The number of aromatic nitrogens is 2. The van der Waals surface area contributed by atoms with Crippen LogP contribution in [0.2, 0.25) is 5.02 Å². The van der Waals surface area contributed by atoms with Crippen LogP contribution in [-0.2, 0) is 10.5 Å². The monoisotopic (exact) mass is 449 g/mol. The number of thioether (sulfide) groups is 1. The molecule has 0 saturated carbocycles. The summed E-state index contributed by atoms with van der Waals surface area (Å²) >= 11 is 7.44. The van der Waals surface area contributed by atoms with E-state index >= 15 is 0 Å². The van der Waals surface area contributed by atoms with Gasteiger partial charge in [0.15, 0.2) is 0 Å². The first-order valence-electron chi connectivity index (χ1n) is 9.70. The van der Waals surface area contributed by atoms with Gasteiger partial charge in [-0.2, -0.15) is 0 Å². The molecule has 7 heteroatoms. The molecule has 0 bridgehead atoms. The molecule has 0 unspecified atom stereocenters. The van der Waals surface area contributed by atoms with E-state index < -0.39 is 0 Å². The Morgan fingerprint density at radius 3 is 2.35 bits per heavy atom. The summed E-state index contributed by atoms with van der Waals surface area (Å²) in [6, 6.07) is 22.9. The Morgan fingerprint density at radius 2 is 1.65 bits per heavy atom. The predicted octanol–water partition coefficient (Wildman–Crippen LogP) is 6.24. The Morgan fingerprint density at radius 1 is 0.968 bits per heavy atom. The smallest absolute Gasteiger partial charge is 0.248 e. The van der Waals surface area contributed by atoms with E-state index in [9.17, 15) is 4.79 Å². The number of nitrogens with one attached hydrogen (secondary N) is 1. The molecule has 1 heterocycles. The van der Waals surface area contributed by atoms with E-state index in [0.717, 1.165) is 28.0 Å². The summed E-state index contributed by atoms with van der Waals surface area (Å²) in [6.45, 7) is 2.01. The zero-order valence-electron chi connectivity index (χ0n) is 16.8. The van der Waals surface area contributed by atoms with Crippen LogP contribution < -0.4 is 5.32 Å². The lowest BCUT2D eigenvalue weighted by Crippen LogP contribution is -2.14. The minimum atomic E-state index is -0.0675. The molecule has 3 aromatic carbocycles. The largest absolute Gasteiger partial charge is 0.416 e. The van der Waals surface area contributed by atoms with Crippen molar-refractivity contribution in [1.29, 1.82) is 0 Å². The standard InChI is InChI=1S/C24H20ClN3O2S/c1-16-4-2-5-18(12-16)23-27-28-24(30-23)19-6-3-7-21(13-19)26-22(29)15-31-14-17-8-10-20(25)11-9-17/h2-13H,14-15H2,1H3,(H,26,29). The summed E-state index contributed by atoms with van der Waals surface area (Å²) in [6.07, 6.45) is 0. The van der Waals surface area contributed by atoms with Gasteiger partial charge in [-0.05, 0) is 55.0 Å². The van der Waals surface area contributed by atoms with Crippen molar-refractivity contribution in [1.82, 2.24) is 10.2 Å². The van der Waals surface area contributed by atoms with E-state index in [1.807, 2.05) is 79.7 Å². The molecule has 0 aliphatic heterocycles. The van der Waals surface area contributed by atoms with Crippen molar-refractivity contribution in [2.75, 3.05) is 11.1 Å². The second-order valence-corrected chi connectivity index (χ2v) is 8.45. The molecule has 0 spiro atoms. The Labute approximate surface area is 189 Å². The van der Waals surface area contributed by atoms with Crippen LogP contribution in [0.5, 0.6) is 0 Å². The lowest BCUT2D eigenvalue weighted by molar-refractivity contribution is -0.113. The average Bonchev–Trinajstić information content (AvgIpc) is 3.26. The van der Waals surface area contributed by atoms with Crippen LogP contribution in [0.15, 0.2) is 77.2 Å². The highest BCUT2D eigenvalue weighted by Gasteiger charge is 2.12. The van der Waals surface area contributed by atoms with Gasteiger partial charge in [-0.15, -0.1) is 22.0 Å². The fourth-order valence-electron chi connectivity index (χ4n) is 3.00. The molecule has 0 fully saturated rings. The highest BCUT2D eigenvalue weighted by atomic mass is 35.5.